The van der Waals surface area contributed by atoms with Crippen molar-refractivity contribution in [3.63, 3.8) is 0 Å². The van der Waals surface area contributed by atoms with Gasteiger partial charge in [0.25, 0.3) is 5.91 Å². The third kappa shape index (κ3) is 2.20. The number of nitrogens with two attached hydrogens (primary N) is 1. The molecule has 1 heterocycles. The molecule has 0 bridgehead atoms. The summed E-state index contributed by atoms with van der Waals surface area (Å²) in [6.07, 6.45) is 0.262. The number of benzene rings is 1. The minimum Gasteiger partial charge on any atom is -0.481 e. The molecular weight excluding hydrogens is 232 g/mol. The van der Waals surface area contributed by atoms with Crippen molar-refractivity contribution >= 4 is 22.8 Å². The zero-order chi connectivity index (χ0) is 13.3. The van der Waals surface area contributed by atoms with Crippen LogP contribution >= 0.6 is 0 Å². The van der Waals surface area contributed by atoms with E-state index in [0.29, 0.717) is 11.3 Å². The van der Waals surface area contributed by atoms with Gasteiger partial charge in [0, 0.05) is 17.3 Å². The molecule has 1 aromatic heterocycles. The summed E-state index contributed by atoms with van der Waals surface area (Å²) in [6.45, 7) is 1.94. The van der Waals surface area contributed by atoms with Crippen molar-refractivity contribution in [2.45, 2.75) is 19.8 Å². The summed E-state index contributed by atoms with van der Waals surface area (Å²) in [7, 11) is 0. The summed E-state index contributed by atoms with van der Waals surface area (Å²) in [5.41, 5.74) is 8.14. The first kappa shape index (κ1) is 12.2. The topological polar surface area (TPSA) is 96.2 Å². The van der Waals surface area contributed by atoms with Crippen LogP contribution in [0, 0.1) is 6.92 Å². The van der Waals surface area contributed by atoms with E-state index in [-0.39, 0.29) is 12.8 Å². The highest BCUT2D eigenvalue weighted by atomic mass is 16.4. The first-order chi connectivity index (χ1) is 8.49. The number of primary amides is 1. The van der Waals surface area contributed by atoms with Crippen LogP contribution in [0.2, 0.25) is 0 Å². The summed E-state index contributed by atoms with van der Waals surface area (Å²) >= 11 is 0. The van der Waals surface area contributed by atoms with Crippen molar-refractivity contribution in [3.8, 4) is 0 Å². The molecule has 1 aromatic carbocycles. The van der Waals surface area contributed by atoms with E-state index in [0.717, 1.165) is 16.5 Å². The second-order valence-corrected chi connectivity index (χ2v) is 4.29. The average molecular weight is 246 g/mol. The second kappa shape index (κ2) is 4.52. The van der Waals surface area contributed by atoms with Gasteiger partial charge < -0.3 is 15.8 Å². The van der Waals surface area contributed by atoms with Gasteiger partial charge in [-0.2, -0.15) is 0 Å². The number of amides is 1. The lowest BCUT2D eigenvalue weighted by Gasteiger charge is -2.00. The molecule has 5 heteroatoms. The van der Waals surface area contributed by atoms with Gasteiger partial charge in [0.1, 0.15) is 5.69 Å². The molecule has 4 N–H and O–H groups in total. The SMILES string of the molecule is Cc1ccc2[nH]c(C(N)=O)c(CCC(=O)O)c2c1. The Labute approximate surface area is 104 Å². The van der Waals surface area contributed by atoms with Crippen LogP contribution in [0.1, 0.15) is 28.0 Å². The number of carbonyl (C=O) groups is 2. The van der Waals surface area contributed by atoms with Gasteiger partial charge in [-0.25, -0.2) is 0 Å². The average Bonchev–Trinajstić information content (AvgIpc) is 2.64. The Balaban J connectivity index is 2.57. The molecule has 0 atom stereocenters. The van der Waals surface area contributed by atoms with Gasteiger partial charge >= 0.3 is 5.97 Å². The fourth-order valence-electron chi connectivity index (χ4n) is 2.06. The van der Waals surface area contributed by atoms with Crippen LogP contribution in [0.5, 0.6) is 0 Å². The number of H-pyrrole nitrogens is 1. The molecule has 0 aliphatic carbocycles. The summed E-state index contributed by atoms with van der Waals surface area (Å²) in [6, 6.07) is 5.71. The van der Waals surface area contributed by atoms with Crippen molar-refractivity contribution in [1.82, 2.24) is 4.98 Å². The zero-order valence-corrected chi connectivity index (χ0v) is 9.99. The molecule has 0 fully saturated rings. The normalized spacial score (nSPS) is 10.7. The lowest BCUT2D eigenvalue weighted by Crippen LogP contribution is -2.14. The highest BCUT2D eigenvalue weighted by Crippen LogP contribution is 2.24. The van der Waals surface area contributed by atoms with Gasteiger partial charge in [-0.1, -0.05) is 11.6 Å². The van der Waals surface area contributed by atoms with E-state index >= 15 is 0 Å². The second-order valence-electron chi connectivity index (χ2n) is 4.29. The van der Waals surface area contributed by atoms with Crippen molar-refractivity contribution < 1.29 is 14.7 Å². The molecule has 1 amide bonds. The van der Waals surface area contributed by atoms with Crippen LogP contribution in [0.4, 0.5) is 0 Å². The molecule has 0 radical (unpaired) electrons. The molecule has 0 spiro atoms. The number of carbonyl (C=O) groups excluding carboxylic acids is 1. The largest absolute Gasteiger partial charge is 0.481 e. The standard InChI is InChI=1S/C13H14N2O3/c1-7-2-4-10-9(6-7)8(3-5-11(16)17)12(15-10)13(14)18/h2,4,6,15H,3,5H2,1H3,(H2,14,18)(H,16,17). The first-order valence-corrected chi connectivity index (χ1v) is 5.62. The number of hydrogen-bond donors (Lipinski definition) is 3. The minimum atomic E-state index is -0.896. The highest BCUT2D eigenvalue weighted by Gasteiger charge is 2.16. The van der Waals surface area contributed by atoms with E-state index in [2.05, 4.69) is 4.98 Å². The Bertz CT molecular complexity index is 628. The first-order valence-electron chi connectivity index (χ1n) is 5.62. The Hall–Kier alpha value is -2.30. The Morgan fingerprint density at radius 1 is 1.39 bits per heavy atom. The zero-order valence-electron chi connectivity index (χ0n) is 9.99. The Morgan fingerprint density at radius 3 is 2.72 bits per heavy atom. The third-order valence-corrected chi connectivity index (χ3v) is 2.90. The number of nitrogens with one attached hydrogen (secondary N) is 1. The van der Waals surface area contributed by atoms with Gasteiger partial charge in [0.15, 0.2) is 0 Å². The number of fused-ring (bicyclic) bond motifs is 1. The summed E-state index contributed by atoms with van der Waals surface area (Å²) in [4.78, 5) is 25.0. The number of hydrogen-bond acceptors (Lipinski definition) is 2. The lowest BCUT2D eigenvalue weighted by atomic mass is 10.0. The van der Waals surface area contributed by atoms with E-state index in [4.69, 9.17) is 10.8 Å². The number of aromatic nitrogens is 1. The number of rotatable bonds is 4. The van der Waals surface area contributed by atoms with Crippen molar-refractivity contribution in [1.29, 1.82) is 0 Å². The molecule has 0 unspecified atom stereocenters. The maximum atomic E-state index is 11.4. The summed E-state index contributed by atoms with van der Waals surface area (Å²) < 4.78 is 0. The monoisotopic (exact) mass is 246 g/mol. The Kier molecular flexibility index (Phi) is 3.06. The maximum absolute atomic E-state index is 11.4. The van der Waals surface area contributed by atoms with Gasteiger partial charge in [0.2, 0.25) is 0 Å². The van der Waals surface area contributed by atoms with Crippen LogP contribution in [0.15, 0.2) is 18.2 Å². The third-order valence-electron chi connectivity index (χ3n) is 2.90. The predicted molar refractivity (Wildman–Crippen MR) is 67.5 cm³/mol. The molecule has 18 heavy (non-hydrogen) atoms. The molecule has 5 nitrogen and oxygen atoms in total. The number of aliphatic carboxylic acids is 1. The molecule has 0 aliphatic heterocycles. The van der Waals surface area contributed by atoms with E-state index in [1.165, 1.54) is 0 Å². The fourth-order valence-corrected chi connectivity index (χ4v) is 2.06. The van der Waals surface area contributed by atoms with Crippen molar-refractivity contribution in [2.75, 3.05) is 0 Å². The van der Waals surface area contributed by atoms with E-state index in [9.17, 15) is 9.59 Å². The van der Waals surface area contributed by atoms with E-state index in [1.54, 1.807) is 0 Å². The molecule has 0 saturated carbocycles. The highest BCUT2D eigenvalue weighted by molar-refractivity contribution is 6.00. The Morgan fingerprint density at radius 2 is 2.11 bits per heavy atom. The summed E-state index contributed by atoms with van der Waals surface area (Å²) in [5.74, 6) is -1.46. The van der Waals surface area contributed by atoms with Crippen LogP contribution in [0.25, 0.3) is 10.9 Å². The van der Waals surface area contributed by atoms with Crippen molar-refractivity contribution in [3.05, 3.63) is 35.0 Å². The number of carboxylic acid groups (broad SMARTS) is 1. The van der Waals surface area contributed by atoms with Gasteiger partial charge in [-0.15, -0.1) is 0 Å². The van der Waals surface area contributed by atoms with E-state index < -0.39 is 11.9 Å². The quantitative estimate of drug-likeness (QED) is 0.764. The molecular formula is C13H14N2O3. The van der Waals surface area contributed by atoms with E-state index in [1.807, 2.05) is 25.1 Å². The molecule has 0 aliphatic rings. The van der Waals surface area contributed by atoms with Crippen LogP contribution in [-0.2, 0) is 11.2 Å². The maximum Gasteiger partial charge on any atom is 0.303 e. The number of carboxylic acids is 1. The smallest absolute Gasteiger partial charge is 0.303 e. The molecule has 2 rings (SSSR count). The lowest BCUT2D eigenvalue weighted by molar-refractivity contribution is -0.136. The number of aryl methyl sites for hydroxylation is 2. The molecule has 94 valence electrons. The van der Waals surface area contributed by atoms with Crippen LogP contribution < -0.4 is 5.73 Å². The van der Waals surface area contributed by atoms with Crippen LogP contribution in [0.3, 0.4) is 0 Å². The number of aromatic amines is 1. The molecule has 0 saturated heterocycles. The van der Waals surface area contributed by atoms with Crippen LogP contribution in [-0.4, -0.2) is 22.0 Å². The summed E-state index contributed by atoms with van der Waals surface area (Å²) in [5, 5.41) is 9.61. The molecule has 2 aromatic rings. The predicted octanol–water partition coefficient (Wildman–Crippen LogP) is 1.59. The van der Waals surface area contributed by atoms with Gasteiger partial charge in [0.05, 0.1) is 0 Å². The minimum absolute atomic E-state index is 0.0266. The van der Waals surface area contributed by atoms with Crippen molar-refractivity contribution in [2.24, 2.45) is 5.73 Å². The fraction of sp³-hybridized carbons (Fsp3) is 0.231. The van der Waals surface area contributed by atoms with Gasteiger partial charge in [-0.3, -0.25) is 9.59 Å². The van der Waals surface area contributed by atoms with Gasteiger partial charge in [-0.05, 0) is 31.0 Å².